The number of nitrogens with one attached hydrogen (secondary N) is 2. The van der Waals surface area contributed by atoms with Crippen LogP contribution in [0, 0.1) is 0 Å². The van der Waals surface area contributed by atoms with Crippen molar-refractivity contribution in [2.45, 2.75) is 19.3 Å². The van der Waals surface area contributed by atoms with Gasteiger partial charge in [-0.3, -0.25) is 14.4 Å². The summed E-state index contributed by atoms with van der Waals surface area (Å²) in [4.78, 5) is 34.3. The first kappa shape index (κ1) is 17.6. The first-order valence-corrected chi connectivity index (χ1v) is 7.02. The predicted octanol–water partition coefficient (Wildman–Crippen LogP) is 0.657. The molecule has 0 fully saturated rings. The van der Waals surface area contributed by atoms with Crippen LogP contribution in [0.15, 0.2) is 24.3 Å². The van der Waals surface area contributed by atoms with Crippen molar-refractivity contribution >= 4 is 23.5 Å². The molecule has 1 aromatic rings. The van der Waals surface area contributed by atoms with Crippen molar-refractivity contribution in [3.05, 3.63) is 29.8 Å². The molecule has 0 aliphatic heterocycles. The van der Waals surface area contributed by atoms with Gasteiger partial charge in [-0.2, -0.15) is 0 Å². The lowest BCUT2D eigenvalue weighted by Gasteiger charge is -2.07. The number of benzene rings is 1. The van der Waals surface area contributed by atoms with E-state index >= 15 is 0 Å². The van der Waals surface area contributed by atoms with Crippen LogP contribution in [0.5, 0.6) is 0 Å². The molecule has 0 saturated carbocycles. The summed E-state index contributed by atoms with van der Waals surface area (Å²) < 4.78 is 4.48. The maximum atomic E-state index is 11.8. The Morgan fingerprint density at radius 3 is 2.41 bits per heavy atom. The van der Waals surface area contributed by atoms with E-state index in [1.807, 2.05) is 0 Å². The summed E-state index contributed by atoms with van der Waals surface area (Å²) in [6.07, 6.45) is 1.12. The Bertz CT molecular complexity index is 514. The zero-order valence-corrected chi connectivity index (χ0v) is 12.6. The lowest BCUT2D eigenvalue weighted by Crippen LogP contribution is -2.26. The number of methoxy groups -OCH3 is 1. The van der Waals surface area contributed by atoms with Gasteiger partial charge in [0, 0.05) is 24.2 Å². The zero-order chi connectivity index (χ0) is 16.4. The Hall–Kier alpha value is -2.41. The predicted molar refractivity (Wildman–Crippen MR) is 82.3 cm³/mol. The number of hydrogen-bond donors (Lipinski definition) is 3. The number of ether oxygens (including phenoxy) is 1. The number of esters is 1. The Balaban J connectivity index is 2.45. The molecule has 22 heavy (non-hydrogen) atoms. The number of rotatable bonds is 8. The van der Waals surface area contributed by atoms with E-state index < -0.39 is 0 Å². The van der Waals surface area contributed by atoms with E-state index in [0.717, 1.165) is 0 Å². The van der Waals surface area contributed by atoms with Gasteiger partial charge in [0.05, 0.1) is 13.5 Å². The molecule has 1 aromatic carbocycles. The molecule has 0 heterocycles. The van der Waals surface area contributed by atoms with Gasteiger partial charge in [0.1, 0.15) is 0 Å². The molecule has 0 saturated heterocycles. The van der Waals surface area contributed by atoms with E-state index in [1.54, 1.807) is 24.3 Å². The summed E-state index contributed by atoms with van der Waals surface area (Å²) >= 11 is 0. The van der Waals surface area contributed by atoms with Gasteiger partial charge in [-0.05, 0) is 37.2 Å². The van der Waals surface area contributed by atoms with E-state index in [9.17, 15) is 14.4 Å². The van der Waals surface area contributed by atoms with Gasteiger partial charge in [0.2, 0.25) is 5.91 Å². The SMILES string of the molecule is COC(=O)CCNC(=O)c1ccc(NC(=O)CCCN)cc1. The number of carbonyl (C=O) groups excluding carboxylic acids is 3. The third-order valence-corrected chi connectivity index (χ3v) is 2.88. The molecule has 4 N–H and O–H groups in total. The molecule has 120 valence electrons. The lowest BCUT2D eigenvalue weighted by atomic mass is 10.2. The average molecular weight is 307 g/mol. The molecule has 0 aliphatic carbocycles. The van der Waals surface area contributed by atoms with E-state index in [1.165, 1.54) is 7.11 Å². The lowest BCUT2D eigenvalue weighted by molar-refractivity contribution is -0.140. The molecule has 0 aliphatic rings. The second-order valence-electron chi connectivity index (χ2n) is 4.60. The topological polar surface area (TPSA) is 111 Å². The minimum Gasteiger partial charge on any atom is -0.469 e. The summed E-state index contributed by atoms with van der Waals surface area (Å²) in [6, 6.07) is 6.50. The molecular weight excluding hydrogens is 286 g/mol. The van der Waals surface area contributed by atoms with Gasteiger partial charge >= 0.3 is 5.97 Å². The normalized spacial score (nSPS) is 9.91. The highest BCUT2D eigenvalue weighted by atomic mass is 16.5. The van der Waals surface area contributed by atoms with Crippen molar-refractivity contribution in [1.29, 1.82) is 0 Å². The van der Waals surface area contributed by atoms with Crippen LogP contribution in [0.25, 0.3) is 0 Å². The third kappa shape index (κ3) is 6.36. The average Bonchev–Trinajstić information content (AvgIpc) is 2.53. The molecule has 0 radical (unpaired) electrons. The molecule has 0 unspecified atom stereocenters. The number of nitrogens with two attached hydrogens (primary N) is 1. The molecule has 1 rings (SSSR count). The van der Waals surface area contributed by atoms with Gasteiger partial charge in [0.15, 0.2) is 0 Å². The molecule has 0 atom stereocenters. The first-order chi connectivity index (χ1) is 10.6. The summed E-state index contributed by atoms with van der Waals surface area (Å²) in [7, 11) is 1.30. The van der Waals surface area contributed by atoms with Gasteiger partial charge < -0.3 is 21.1 Å². The number of anilines is 1. The van der Waals surface area contributed by atoms with Crippen molar-refractivity contribution in [1.82, 2.24) is 5.32 Å². The van der Waals surface area contributed by atoms with Crippen LogP contribution in [0.2, 0.25) is 0 Å². The van der Waals surface area contributed by atoms with Gasteiger partial charge in [-0.15, -0.1) is 0 Å². The largest absolute Gasteiger partial charge is 0.469 e. The summed E-state index contributed by atoms with van der Waals surface area (Å²) in [6.45, 7) is 0.682. The van der Waals surface area contributed by atoms with Crippen LogP contribution in [-0.4, -0.2) is 38.0 Å². The summed E-state index contributed by atoms with van der Waals surface area (Å²) in [5, 5.41) is 5.33. The van der Waals surface area contributed by atoms with E-state index in [2.05, 4.69) is 15.4 Å². The van der Waals surface area contributed by atoms with Crippen LogP contribution in [0.3, 0.4) is 0 Å². The molecule has 0 spiro atoms. The zero-order valence-electron chi connectivity index (χ0n) is 12.6. The minimum absolute atomic E-state index is 0.110. The second kappa shape index (κ2) is 9.51. The van der Waals surface area contributed by atoms with Crippen molar-refractivity contribution in [3.8, 4) is 0 Å². The highest BCUT2D eigenvalue weighted by Gasteiger charge is 2.07. The van der Waals surface area contributed by atoms with Crippen LogP contribution in [-0.2, 0) is 14.3 Å². The maximum absolute atomic E-state index is 11.8. The van der Waals surface area contributed by atoms with Crippen LogP contribution < -0.4 is 16.4 Å². The van der Waals surface area contributed by atoms with Crippen molar-refractivity contribution in [3.63, 3.8) is 0 Å². The first-order valence-electron chi connectivity index (χ1n) is 7.02. The summed E-state index contributed by atoms with van der Waals surface area (Å²) in [5.41, 5.74) is 6.41. The Labute approximate surface area is 129 Å². The highest BCUT2D eigenvalue weighted by Crippen LogP contribution is 2.10. The minimum atomic E-state index is -0.379. The third-order valence-electron chi connectivity index (χ3n) is 2.88. The quantitative estimate of drug-likeness (QED) is 0.611. The Morgan fingerprint density at radius 1 is 1.14 bits per heavy atom. The molecule has 7 nitrogen and oxygen atoms in total. The van der Waals surface area contributed by atoms with Crippen molar-refractivity contribution in [2.75, 3.05) is 25.5 Å². The monoisotopic (exact) mass is 307 g/mol. The smallest absolute Gasteiger partial charge is 0.307 e. The number of amides is 2. The standard InChI is InChI=1S/C15H21N3O4/c1-22-14(20)8-10-17-15(21)11-4-6-12(7-5-11)18-13(19)3-2-9-16/h4-7H,2-3,8-10,16H2,1H3,(H,17,21)(H,18,19). The second-order valence-corrected chi connectivity index (χ2v) is 4.60. The summed E-state index contributed by atoms with van der Waals surface area (Å²) in [5.74, 6) is -0.776. The van der Waals surface area contributed by atoms with Crippen LogP contribution in [0.1, 0.15) is 29.6 Å². The molecular formula is C15H21N3O4. The van der Waals surface area contributed by atoms with Crippen LogP contribution in [0.4, 0.5) is 5.69 Å². The Morgan fingerprint density at radius 2 is 1.82 bits per heavy atom. The van der Waals surface area contributed by atoms with Gasteiger partial charge in [-0.25, -0.2) is 0 Å². The fraction of sp³-hybridized carbons (Fsp3) is 0.400. The molecule has 0 aromatic heterocycles. The fourth-order valence-electron chi connectivity index (χ4n) is 1.67. The van der Waals surface area contributed by atoms with E-state index in [4.69, 9.17) is 5.73 Å². The fourth-order valence-corrected chi connectivity index (χ4v) is 1.67. The van der Waals surface area contributed by atoms with Crippen LogP contribution >= 0.6 is 0 Å². The van der Waals surface area contributed by atoms with E-state index in [-0.39, 0.29) is 30.7 Å². The van der Waals surface area contributed by atoms with Gasteiger partial charge in [0.25, 0.3) is 5.91 Å². The number of hydrogen-bond acceptors (Lipinski definition) is 5. The molecule has 2 amide bonds. The highest BCUT2D eigenvalue weighted by molar-refractivity contribution is 5.95. The van der Waals surface area contributed by atoms with Crippen molar-refractivity contribution in [2.24, 2.45) is 5.73 Å². The maximum Gasteiger partial charge on any atom is 0.307 e. The molecule has 7 heteroatoms. The molecule has 0 bridgehead atoms. The van der Waals surface area contributed by atoms with Gasteiger partial charge in [-0.1, -0.05) is 0 Å². The number of carbonyl (C=O) groups is 3. The van der Waals surface area contributed by atoms with Crippen molar-refractivity contribution < 1.29 is 19.1 Å². The Kier molecular flexibility index (Phi) is 7.63. The van der Waals surface area contributed by atoms with E-state index in [0.29, 0.717) is 30.6 Å².